The number of benzene rings is 1. The van der Waals surface area contributed by atoms with Crippen molar-refractivity contribution in [1.82, 2.24) is 9.38 Å². The first-order chi connectivity index (χ1) is 9.61. The summed E-state index contributed by atoms with van der Waals surface area (Å²) in [5, 5.41) is 0.662. The van der Waals surface area contributed by atoms with E-state index < -0.39 is 0 Å². The third kappa shape index (κ3) is 2.76. The highest BCUT2D eigenvalue weighted by molar-refractivity contribution is 7.98. The number of hydrogen-bond donors (Lipinski definition) is 1. The van der Waals surface area contributed by atoms with Crippen LogP contribution < -0.4 is 5.73 Å². The lowest BCUT2D eigenvalue weighted by Gasteiger charge is -2.04. The lowest BCUT2D eigenvalue weighted by Crippen LogP contribution is -1.89. The van der Waals surface area contributed by atoms with Crippen molar-refractivity contribution in [3.05, 3.63) is 59.0 Å². The van der Waals surface area contributed by atoms with Gasteiger partial charge in [0.1, 0.15) is 5.65 Å². The average Bonchev–Trinajstić information content (AvgIpc) is 2.79. The van der Waals surface area contributed by atoms with Gasteiger partial charge in [-0.3, -0.25) is 0 Å². The van der Waals surface area contributed by atoms with Crippen molar-refractivity contribution in [3.8, 4) is 0 Å². The second kappa shape index (κ2) is 5.38. The maximum atomic E-state index is 5.95. The molecule has 0 unspecified atom stereocenters. The fourth-order valence-corrected chi connectivity index (χ4v) is 3.04. The molecule has 0 atom stereocenters. The second-order valence-corrected chi connectivity index (χ2v) is 6.13. The van der Waals surface area contributed by atoms with Gasteiger partial charge in [0, 0.05) is 33.8 Å². The number of nitrogen functional groups attached to an aromatic ring is 1. The van der Waals surface area contributed by atoms with Gasteiger partial charge in [0.15, 0.2) is 0 Å². The number of anilines is 1. The summed E-state index contributed by atoms with van der Waals surface area (Å²) in [5.41, 5.74) is 9.88. The van der Waals surface area contributed by atoms with Crippen molar-refractivity contribution in [2.45, 2.75) is 17.6 Å². The van der Waals surface area contributed by atoms with Gasteiger partial charge >= 0.3 is 0 Å². The van der Waals surface area contributed by atoms with E-state index in [1.807, 2.05) is 18.2 Å². The van der Waals surface area contributed by atoms with E-state index in [1.54, 1.807) is 17.8 Å². The molecule has 0 fully saturated rings. The van der Waals surface area contributed by atoms with E-state index in [2.05, 4.69) is 34.8 Å². The van der Waals surface area contributed by atoms with E-state index in [1.165, 1.54) is 5.56 Å². The number of aromatic nitrogens is 2. The number of halogens is 1. The molecule has 3 rings (SSSR count). The predicted octanol–water partition coefficient (Wildman–Crippen LogP) is 4.17. The maximum absolute atomic E-state index is 5.95. The number of nitrogens with zero attached hydrogens (tertiary/aromatic N) is 2. The van der Waals surface area contributed by atoms with Crippen LogP contribution in [-0.4, -0.2) is 9.38 Å². The summed E-state index contributed by atoms with van der Waals surface area (Å²) in [4.78, 5) is 5.62. The molecule has 2 heterocycles. The van der Waals surface area contributed by atoms with Crippen molar-refractivity contribution in [3.63, 3.8) is 0 Å². The quantitative estimate of drug-likeness (QED) is 0.583. The van der Waals surface area contributed by atoms with E-state index >= 15 is 0 Å². The topological polar surface area (TPSA) is 43.3 Å². The fourth-order valence-electron chi connectivity index (χ4n) is 2.03. The molecule has 1 aromatic carbocycles. The first kappa shape index (κ1) is 13.3. The van der Waals surface area contributed by atoms with Gasteiger partial charge in [0.05, 0.1) is 5.69 Å². The Morgan fingerprint density at radius 1 is 1.25 bits per heavy atom. The zero-order valence-electron chi connectivity index (χ0n) is 11.0. The molecule has 2 aromatic heterocycles. The number of thioether (sulfide) groups is 1. The molecule has 3 nitrogen and oxygen atoms in total. The lowest BCUT2D eigenvalue weighted by atomic mass is 10.3. The third-order valence-corrected chi connectivity index (χ3v) is 4.35. The SMILES string of the molecule is Cc1ccc2nc(CSc3ccc(Cl)cc3N)cn2c1. The van der Waals surface area contributed by atoms with Gasteiger partial charge in [0.25, 0.3) is 0 Å². The Bertz CT molecular complexity index is 767. The molecule has 0 aliphatic heterocycles. The first-order valence-electron chi connectivity index (χ1n) is 6.24. The van der Waals surface area contributed by atoms with Crippen LogP contribution in [0.3, 0.4) is 0 Å². The normalized spacial score (nSPS) is 11.1. The van der Waals surface area contributed by atoms with Gasteiger partial charge in [-0.25, -0.2) is 4.98 Å². The van der Waals surface area contributed by atoms with E-state index in [9.17, 15) is 0 Å². The summed E-state index contributed by atoms with van der Waals surface area (Å²) in [7, 11) is 0. The number of imidazole rings is 1. The summed E-state index contributed by atoms with van der Waals surface area (Å²) in [6.07, 6.45) is 4.13. The number of pyridine rings is 1. The van der Waals surface area contributed by atoms with Crippen molar-refractivity contribution >= 4 is 34.7 Å². The summed E-state index contributed by atoms with van der Waals surface area (Å²) in [6, 6.07) is 9.67. The molecular weight excluding hydrogens is 290 g/mol. The third-order valence-electron chi connectivity index (χ3n) is 3.00. The van der Waals surface area contributed by atoms with E-state index in [0.717, 1.165) is 22.0 Å². The van der Waals surface area contributed by atoms with E-state index in [-0.39, 0.29) is 0 Å². The van der Waals surface area contributed by atoms with Crippen LogP contribution in [0.15, 0.2) is 47.6 Å². The molecule has 0 aliphatic carbocycles. The molecule has 20 heavy (non-hydrogen) atoms. The van der Waals surface area contributed by atoms with Gasteiger partial charge in [-0.2, -0.15) is 0 Å². The van der Waals surface area contributed by atoms with E-state index in [0.29, 0.717) is 10.7 Å². The Morgan fingerprint density at radius 2 is 2.10 bits per heavy atom. The second-order valence-electron chi connectivity index (χ2n) is 4.67. The number of hydrogen-bond acceptors (Lipinski definition) is 3. The van der Waals surface area contributed by atoms with Crippen molar-refractivity contribution in [2.75, 3.05) is 5.73 Å². The van der Waals surface area contributed by atoms with Gasteiger partial charge in [-0.15, -0.1) is 11.8 Å². The summed E-state index contributed by atoms with van der Waals surface area (Å²) in [5.74, 6) is 0.784. The predicted molar refractivity (Wildman–Crippen MR) is 85.4 cm³/mol. The lowest BCUT2D eigenvalue weighted by molar-refractivity contribution is 1.15. The minimum absolute atomic E-state index is 0.662. The largest absolute Gasteiger partial charge is 0.398 e. The summed E-state index contributed by atoms with van der Waals surface area (Å²) < 4.78 is 2.05. The Morgan fingerprint density at radius 3 is 2.90 bits per heavy atom. The van der Waals surface area contributed by atoms with Gasteiger partial charge in [0.2, 0.25) is 0 Å². The Balaban J connectivity index is 1.79. The zero-order chi connectivity index (χ0) is 14.1. The maximum Gasteiger partial charge on any atom is 0.137 e. The molecule has 0 saturated carbocycles. The van der Waals surface area contributed by atoms with Crippen LogP contribution in [0.25, 0.3) is 5.65 Å². The van der Waals surface area contributed by atoms with Crippen LogP contribution in [0.2, 0.25) is 5.02 Å². The molecule has 0 radical (unpaired) electrons. The van der Waals surface area contributed by atoms with Crippen molar-refractivity contribution in [1.29, 1.82) is 0 Å². The fraction of sp³-hybridized carbons (Fsp3) is 0.133. The number of rotatable bonds is 3. The van der Waals surface area contributed by atoms with Gasteiger partial charge < -0.3 is 10.1 Å². The number of nitrogens with two attached hydrogens (primary N) is 1. The van der Waals surface area contributed by atoms with Crippen LogP contribution in [0.1, 0.15) is 11.3 Å². The van der Waals surface area contributed by atoms with Crippen LogP contribution in [0, 0.1) is 6.92 Å². The highest BCUT2D eigenvalue weighted by Gasteiger charge is 2.05. The highest BCUT2D eigenvalue weighted by Crippen LogP contribution is 2.30. The number of aryl methyl sites for hydroxylation is 1. The molecular formula is C15H14ClN3S. The standard InChI is InChI=1S/C15H14ClN3S/c1-10-2-5-15-18-12(8-19(15)7-10)9-20-14-4-3-11(16)6-13(14)17/h2-8H,9,17H2,1H3. The molecule has 0 saturated heterocycles. The minimum Gasteiger partial charge on any atom is -0.398 e. The van der Waals surface area contributed by atoms with Crippen LogP contribution in [-0.2, 0) is 5.75 Å². The van der Waals surface area contributed by atoms with Crippen LogP contribution >= 0.6 is 23.4 Å². The monoisotopic (exact) mass is 303 g/mol. The van der Waals surface area contributed by atoms with Crippen molar-refractivity contribution < 1.29 is 0 Å². The molecule has 2 N–H and O–H groups in total. The molecule has 0 amide bonds. The first-order valence-corrected chi connectivity index (χ1v) is 7.60. The molecule has 5 heteroatoms. The Labute approximate surface area is 126 Å². The van der Waals surface area contributed by atoms with Crippen LogP contribution in [0.5, 0.6) is 0 Å². The molecule has 0 spiro atoms. The smallest absolute Gasteiger partial charge is 0.137 e. The molecule has 102 valence electrons. The zero-order valence-corrected chi connectivity index (χ0v) is 12.6. The van der Waals surface area contributed by atoms with Crippen LogP contribution in [0.4, 0.5) is 5.69 Å². The van der Waals surface area contributed by atoms with Gasteiger partial charge in [-0.05, 0) is 36.8 Å². The Hall–Kier alpha value is -1.65. The summed E-state index contributed by atoms with van der Waals surface area (Å²) in [6.45, 7) is 2.07. The summed E-state index contributed by atoms with van der Waals surface area (Å²) >= 11 is 7.57. The molecule has 3 aromatic rings. The average molecular weight is 304 g/mol. The number of fused-ring (bicyclic) bond motifs is 1. The highest BCUT2D eigenvalue weighted by atomic mass is 35.5. The molecule has 0 bridgehead atoms. The minimum atomic E-state index is 0.662. The Kier molecular flexibility index (Phi) is 3.59. The van der Waals surface area contributed by atoms with Crippen molar-refractivity contribution in [2.24, 2.45) is 0 Å². The van der Waals surface area contributed by atoms with Gasteiger partial charge in [-0.1, -0.05) is 17.7 Å². The molecule has 0 aliphatic rings. The van der Waals surface area contributed by atoms with E-state index in [4.69, 9.17) is 17.3 Å².